The van der Waals surface area contributed by atoms with E-state index in [9.17, 15) is 19.2 Å². The number of hydrogen-bond donors (Lipinski definition) is 1. The fraction of sp³-hybridized carbons (Fsp3) is 0.643. The molecule has 0 amide bonds. The molecule has 0 bridgehead atoms. The first-order valence-electron chi connectivity index (χ1n) is 12.4. The topological polar surface area (TPSA) is 131 Å². The highest BCUT2D eigenvalue weighted by Gasteiger charge is 2.37. The lowest BCUT2D eigenvalue weighted by Crippen LogP contribution is -2.51. The van der Waals surface area contributed by atoms with E-state index in [1.54, 1.807) is 54.5 Å². The molecule has 37 heavy (non-hydrogen) atoms. The predicted molar refractivity (Wildman–Crippen MR) is 139 cm³/mol. The highest BCUT2D eigenvalue weighted by atomic mass is 16.6. The molecular formula is C28H43NO8. The molecular weight excluding hydrogens is 478 g/mol. The molecule has 1 aromatic carbocycles. The van der Waals surface area contributed by atoms with E-state index in [4.69, 9.17) is 24.7 Å². The van der Waals surface area contributed by atoms with Crippen molar-refractivity contribution in [2.24, 2.45) is 28.4 Å². The van der Waals surface area contributed by atoms with Crippen molar-refractivity contribution in [2.75, 3.05) is 13.7 Å². The van der Waals surface area contributed by atoms with Gasteiger partial charge < -0.3 is 24.7 Å². The van der Waals surface area contributed by atoms with Crippen LogP contribution in [-0.4, -0.2) is 43.1 Å². The van der Waals surface area contributed by atoms with Crippen molar-refractivity contribution in [3.8, 4) is 11.5 Å². The Labute approximate surface area is 220 Å². The normalized spacial score (nSPS) is 14.4. The Balaban J connectivity index is 3.27. The molecule has 9 nitrogen and oxygen atoms in total. The fourth-order valence-corrected chi connectivity index (χ4v) is 2.90. The average Bonchev–Trinajstić information content (AvgIpc) is 2.77. The van der Waals surface area contributed by atoms with Crippen molar-refractivity contribution in [2.45, 2.75) is 80.7 Å². The number of benzene rings is 1. The van der Waals surface area contributed by atoms with Gasteiger partial charge in [-0.2, -0.15) is 0 Å². The molecule has 9 heteroatoms. The van der Waals surface area contributed by atoms with Crippen LogP contribution in [0.3, 0.4) is 0 Å². The fourth-order valence-electron chi connectivity index (χ4n) is 2.90. The van der Waals surface area contributed by atoms with Crippen molar-refractivity contribution in [3.63, 3.8) is 0 Å². The summed E-state index contributed by atoms with van der Waals surface area (Å²) in [7, 11) is 1.22. The molecule has 208 valence electrons. The predicted octanol–water partition coefficient (Wildman–Crippen LogP) is 4.23. The van der Waals surface area contributed by atoms with Gasteiger partial charge in [-0.1, -0.05) is 26.8 Å². The van der Waals surface area contributed by atoms with Crippen LogP contribution in [0.1, 0.15) is 74.3 Å². The van der Waals surface area contributed by atoms with E-state index in [2.05, 4.69) is 0 Å². The van der Waals surface area contributed by atoms with E-state index >= 15 is 0 Å². The van der Waals surface area contributed by atoms with E-state index in [-0.39, 0.29) is 48.8 Å². The number of hydrogen-bond acceptors (Lipinski definition) is 9. The van der Waals surface area contributed by atoms with Gasteiger partial charge in [0.25, 0.3) is 0 Å². The molecule has 1 rings (SSSR count). The van der Waals surface area contributed by atoms with Crippen LogP contribution < -0.4 is 15.2 Å². The molecule has 1 aromatic rings. The Morgan fingerprint density at radius 1 is 0.838 bits per heavy atom. The molecule has 0 aliphatic rings. The van der Waals surface area contributed by atoms with Gasteiger partial charge in [0.1, 0.15) is 5.54 Å². The minimum atomic E-state index is -1.52. The maximum absolute atomic E-state index is 12.6. The molecule has 1 unspecified atom stereocenters. The second kappa shape index (κ2) is 12.5. The van der Waals surface area contributed by atoms with Crippen LogP contribution in [0, 0.1) is 22.7 Å². The monoisotopic (exact) mass is 521 g/mol. The molecule has 0 radical (unpaired) electrons. The van der Waals surface area contributed by atoms with Crippen LogP contribution in [-0.2, 0) is 35.1 Å². The third kappa shape index (κ3) is 9.46. The van der Waals surface area contributed by atoms with Gasteiger partial charge in [-0.15, -0.1) is 0 Å². The molecule has 0 spiro atoms. The van der Waals surface area contributed by atoms with Crippen LogP contribution in [0.2, 0.25) is 0 Å². The van der Waals surface area contributed by atoms with Crippen molar-refractivity contribution in [3.05, 3.63) is 23.8 Å². The zero-order chi connectivity index (χ0) is 28.8. The van der Waals surface area contributed by atoms with Crippen LogP contribution in [0.5, 0.6) is 11.5 Å². The zero-order valence-electron chi connectivity index (χ0n) is 23.9. The van der Waals surface area contributed by atoms with E-state index in [1.807, 2.05) is 13.8 Å². The Bertz CT molecular complexity index is 987. The summed E-state index contributed by atoms with van der Waals surface area (Å²) in [6, 6.07) is 4.62. The third-order valence-electron chi connectivity index (χ3n) is 5.91. The van der Waals surface area contributed by atoms with Gasteiger partial charge in [-0.25, -0.2) is 0 Å². The van der Waals surface area contributed by atoms with Gasteiger partial charge in [0, 0.05) is 12.8 Å². The molecule has 0 aliphatic carbocycles. The maximum atomic E-state index is 12.6. The standard InChI is InChI=1S/C28H43NO8/c1-17(2)18(3)22(30)35-14-13-28(29,25(33)34-10)16-19-11-12-20(36-23(31)26(4,5)6)21(15-19)37-24(32)27(7,8)9/h11-12,15,17-18H,13-14,16,29H2,1-10H3/t18-,28?/m0/s1. The number of carbonyl (C=O) groups is 4. The highest BCUT2D eigenvalue weighted by Crippen LogP contribution is 2.34. The lowest BCUT2D eigenvalue weighted by atomic mass is 9.88. The quantitative estimate of drug-likeness (QED) is 0.355. The Morgan fingerprint density at radius 2 is 1.35 bits per heavy atom. The Hall–Kier alpha value is -2.94. The molecule has 0 saturated carbocycles. The lowest BCUT2D eigenvalue weighted by Gasteiger charge is -2.27. The Kier molecular flexibility index (Phi) is 10.9. The minimum Gasteiger partial charge on any atom is -0.468 e. The van der Waals surface area contributed by atoms with E-state index in [0.29, 0.717) is 5.56 Å². The van der Waals surface area contributed by atoms with Crippen molar-refractivity contribution in [1.82, 2.24) is 0 Å². The zero-order valence-corrected chi connectivity index (χ0v) is 23.9. The summed E-state index contributed by atoms with van der Waals surface area (Å²) in [4.78, 5) is 50.0. The van der Waals surface area contributed by atoms with Gasteiger partial charge in [0.05, 0.1) is 30.5 Å². The second-order valence-electron chi connectivity index (χ2n) is 11.8. The molecule has 0 aliphatic heterocycles. The summed E-state index contributed by atoms with van der Waals surface area (Å²) < 4.78 is 21.4. The lowest BCUT2D eigenvalue weighted by molar-refractivity contribution is -0.153. The summed E-state index contributed by atoms with van der Waals surface area (Å²) in [6.45, 7) is 15.7. The summed E-state index contributed by atoms with van der Waals surface area (Å²) in [5.74, 6) is -2.19. The first-order valence-corrected chi connectivity index (χ1v) is 12.4. The second-order valence-corrected chi connectivity index (χ2v) is 11.8. The van der Waals surface area contributed by atoms with Crippen LogP contribution in [0.25, 0.3) is 0 Å². The molecule has 0 heterocycles. The minimum absolute atomic E-state index is 0.00804. The van der Waals surface area contributed by atoms with E-state index < -0.39 is 34.3 Å². The summed E-state index contributed by atoms with van der Waals surface area (Å²) >= 11 is 0. The number of nitrogens with two attached hydrogens (primary N) is 1. The van der Waals surface area contributed by atoms with E-state index in [1.165, 1.54) is 19.2 Å². The van der Waals surface area contributed by atoms with Gasteiger partial charge in [-0.3, -0.25) is 19.2 Å². The van der Waals surface area contributed by atoms with Crippen molar-refractivity contribution >= 4 is 23.9 Å². The molecule has 0 aromatic heterocycles. The molecule has 2 N–H and O–H groups in total. The molecule has 0 saturated heterocycles. The van der Waals surface area contributed by atoms with Crippen LogP contribution in [0.15, 0.2) is 18.2 Å². The van der Waals surface area contributed by atoms with Crippen molar-refractivity contribution < 1.29 is 38.1 Å². The van der Waals surface area contributed by atoms with Crippen LogP contribution >= 0.6 is 0 Å². The van der Waals surface area contributed by atoms with E-state index in [0.717, 1.165) is 0 Å². The number of rotatable bonds is 10. The number of methoxy groups -OCH3 is 1. The SMILES string of the molecule is COC(=O)C(N)(CCOC(=O)[C@@H](C)C(C)C)Cc1ccc(OC(=O)C(C)(C)C)c(OC(=O)C(C)(C)C)c1. The summed E-state index contributed by atoms with van der Waals surface area (Å²) in [5, 5.41) is 0. The maximum Gasteiger partial charge on any atom is 0.326 e. The first kappa shape index (κ1) is 32.1. The van der Waals surface area contributed by atoms with Gasteiger partial charge in [0.2, 0.25) is 0 Å². The largest absolute Gasteiger partial charge is 0.468 e. The van der Waals surface area contributed by atoms with Gasteiger partial charge >= 0.3 is 23.9 Å². The highest BCUT2D eigenvalue weighted by molar-refractivity contribution is 5.82. The average molecular weight is 522 g/mol. The summed E-state index contributed by atoms with van der Waals surface area (Å²) in [6.07, 6.45) is -0.00136. The van der Waals surface area contributed by atoms with Crippen molar-refractivity contribution in [1.29, 1.82) is 0 Å². The number of esters is 4. The molecule has 2 atom stereocenters. The molecule has 0 fully saturated rings. The van der Waals surface area contributed by atoms with Gasteiger partial charge in [-0.05, 0) is 65.2 Å². The third-order valence-corrected chi connectivity index (χ3v) is 5.91. The first-order chi connectivity index (χ1) is 16.8. The number of ether oxygens (including phenoxy) is 4. The number of carbonyl (C=O) groups excluding carboxylic acids is 4. The van der Waals surface area contributed by atoms with Crippen LogP contribution in [0.4, 0.5) is 0 Å². The Morgan fingerprint density at radius 3 is 1.81 bits per heavy atom. The van der Waals surface area contributed by atoms with Gasteiger partial charge in [0.15, 0.2) is 11.5 Å². The smallest absolute Gasteiger partial charge is 0.326 e. The summed E-state index contributed by atoms with van der Waals surface area (Å²) in [5.41, 5.74) is 3.85.